The maximum Gasteiger partial charge on any atom is 0.342 e. The predicted molar refractivity (Wildman–Crippen MR) is 119 cm³/mol. The first kappa shape index (κ1) is 21.1. The number of nitrogens with zero attached hydrogens (tertiary/aromatic N) is 3. The molecule has 0 bridgehead atoms. The summed E-state index contributed by atoms with van der Waals surface area (Å²) in [5.41, 5.74) is 2.33. The van der Waals surface area contributed by atoms with E-state index in [4.69, 9.17) is 16.3 Å². The molecule has 1 amide bonds. The summed E-state index contributed by atoms with van der Waals surface area (Å²) in [6.07, 6.45) is 3.73. The molecule has 1 aliphatic rings. The van der Waals surface area contributed by atoms with Gasteiger partial charge in [-0.15, -0.1) is 0 Å². The minimum atomic E-state index is -0.578. The van der Waals surface area contributed by atoms with Gasteiger partial charge in [0.2, 0.25) is 0 Å². The number of benzene rings is 2. The molecule has 1 aromatic heterocycles. The summed E-state index contributed by atoms with van der Waals surface area (Å²) in [6, 6.07) is 16.6. The highest BCUT2D eigenvalue weighted by atomic mass is 35.5. The quantitative estimate of drug-likeness (QED) is 0.547. The molecule has 0 saturated carbocycles. The van der Waals surface area contributed by atoms with Gasteiger partial charge in [-0.3, -0.25) is 4.79 Å². The summed E-state index contributed by atoms with van der Waals surface area (Å²) in [5, 5.41) is 5.20. The number of rotatable bonds is 5. The van der Waals surface area contributed by atoms with Crippen molar-refractivity contribution < 1.29 is 14.3 Å². The van der Waals surface area contributed by atoms with E-state index in [0.29, 0.717) is 35.3 Å². The molecule has 6 nitrogen and oxygen atoms in total. The fraction of sp³-hybridized carbons (Fsp3) is 0.292. The fourth-order valence-corrected chi connectivity index (χ4v) is 3.90. The average Bonchev–Trinajstić information content (AvgIpc) is 3.24. The molecule has 1 fully saturated rings. The van der Waals surface area contributed by atoms with Crippen LogP contribution in [0.25, 0.3) is 16.9 Å². The van der Waals surface area contributed by atoms with Crippen molar-refractivity contribution in [3.63, 3.8) is 0 Å². The Bertz CT molecular complexity index is 1060. The van der Waals surface area contributed by atoms with Crippen molar-refractivity contribution in [1.29, 1.82) is 0 Å². The number of halogens is 1. The summed E-state index contributed by atoms with van der Waals surface area (Å²) in [6.45, 7) is 3.27. The zero-order chi connectivity index (χ0) is 21.8. The number of carbonyl (C=O) groups is 2. The van der Waals surface area contributed by atoms with Crippen molar-refractivity contribution in [2.45, 2.75) is 19.8 Å². The van der Waals surface area contributed by atoms with Gasteiger partial charge in [0.25, 0.3) is 5.91 Å². The van der Waals surface area contributed by atoms with Gasteiger partial charge >= 0.3 is 5.97 Å². The predicted octanol–water partition coefficient (Wildman–Crippen LogP) is 4.61. The lowest BCUT2D eigenvalue weighted by atomic mass is 10.0. The summed E-state index contributed by atoms with van der Waals surface area (Å²) in [5.74, 6) is -0.275. The van der Waals surface area contributed by atoms with Crippen LogP contribution in [-0.2, 0) is 9.53 Å². The van der Waals surface area contributed by atoms with Crippen LogP contribution in [0.3, 0.4) is 0 Å². The van der Waals surface area contributed by atoms with Crippen LogP contribution >= 0.6 is 11.6 Å². The first-order chi connectivity index (χ1) is 15.0. The van der Waals surface area contributed by atoms with Crippen LogP contribution < -0.4 is 0 Å². The highest BCUT2D eigenvalue weighted by Crippen LogP contribution is 2.26. The zero-order valence-corrected chi connectivity index (χ0v) is 18.1. The molecule has 1 saturated heterocycles. The molecule has 4 rings (SSSR count). The van der Waals surface area contributed by atoms with Gasteiger partial charge in [-0.2, -0.15) is 5.10 Å². The highest BCUT2D eigenvalue weighted by molar-refractivity contribution is 6.30. The number of hydrogen-bond donors (Lipinski definition) is 0. The van der Waals surface area contributed by atoms with E-state index in [1.165, 1.54) is 0 Å². The first-order valence-electron chi connectivity index (χ1n) is 10.4. The lowest BCUT2D eigenvalue weighted by molar-refractivity contribution is -0.136. The van der Waals surface area contributed by atoms with E-state index >= 15 is 0 Å². The van der Waals surface area contributed by atoms with Gasteiger partial charge in [-0.25, -0.2) is 9.48 Å². The van der Waals surface area contributed by atoms with E-state index in [-0.39, 0.29) is 12.5 Å². The van der Waals surface area contributed by atoms with Gasteiger partial charge in [-0.1, -0.05) is 48.9 Å². The minimum absolute atomic E-state index is 0.164. The number of carbonyl (C=O) groups excluding carboxylic acids is 2. The number of ether oxygens (including phenoxy) is 1. The molecule has 1 unspecified atom stereocenters. The van der Waals surface area contributed by atoms with E-state index < -0.39 is 5.97 Å². The second-order valence-corrected chi connectivity index (χ2v) is 8.28. The topological polar surface area (TPSA) is 64.4 Å². The fourth-order valence-electron chi connectivity index (χ4n) is 3.77. The Morgan fingerprint density at radius 1 is 1.13 bits per heavy atom. The van der Waals surface area contributed by atoms with Crippen LogP contribution in [0.2, 0.25) is 5.02 Å². The molecule has 0 radical (unpaired) electrons. The largest absolute Gasteiger partial charge is 0.452 e. The van der Waals surface area contributed by atoms with Crippen LogP contribution in [0.15, 0.2) is 60.8 Å². The molecular formula is C24H24ClN3O3. The molecule has 3 aromatic rings. The van der Waals surface area contributed by atoms with Gasteiger partial charge in [0.1, 0.15) is 11.3 Å². The Balaban J connectivity index is 1.56. The smallest absolute Gasteiger partial charge is 0.342 e. The van der Waals surface area contributed by atoms with Gasteiger partial charge in [0.05, 0.1) is 5.69 Å². The third-order valence-electron chi connectivity index (χ3n) is 5.41. The van der Waals surface area contributed by atoms with Crippen LogP contribution in [0.5, 0.6) is 0 Å². The van der Waals surface area contributed by atoms with E-state index in [9.17, 15) is 9.59 Å². The van der Waals surface area contributed by atoms with Crippen molar-refractivity contribution in [2.24, 2.45) is 5.92 Å². The summed E-state index contributed by atoms with van der Waals surface area (Å²) >= 11 is 6.01. The maximum atomic E-state index is 12.9. The maximum absolute atomic E-state index is 12.9. The van der Waals surface area contributed by atoms with Crippen LogP contribution in [-0.4, -0.2) is 46.3 Å². The molecule has 7 heteroatoms. The van der Waals surface area contributed by atoms with Gasteiger partial charge in [0.15, 0.2) is 6.61 Å². The lowest BCUT2D eigenvalue weighted by Gasteiger charge is -2.30. The lowest BCUT2D eigenvalue weighted by Crippen LogP contribution is -2.41. The van der Waals surface area contributed by atoms with Crippen molar-refractivity contribution in [3.05, 3.63) is 71.4 Å². The molecule has 0 aliphatic carbocycles. The Morgan fingerprint density at radius 3 is 2.58 bits per heavy atom. The van der Waals surface area contributed by atoms with E-state index in [1.54, 1.807) is 40.0 Å². The molecule has 0 N–H and O–H groups in total. The Labute approximate surface area is 186 Å². The molecule has 31 heavy (non-hydrogen) atoms. The second kappa shape index (κ2) is 9.35. The SMILES string of the molecule is CC1CCCN(C(=O)COC(=O)c2cn(-c3ccccc3)nc2-c2ccc(Cl)cc2)C1. The van der Waals surface area contributed by atoms with Crippen LogP contribution in [0.1, 0.15) is 30.1 Å². The van der Waals surface area contributed by atoms with Crippen molar-refractivity contribution in [3.8, 4) is 16.9 Å². The van der Waals surface area contributed by atoms with Crippen LogP contribution in [0, 0.1) is 5.92 Å². The minimum Gasteiger partial charge on any atom is -0.452 e. The molecule has 0 spiro atoms. The third kappa shape index (κ3) is 4.97. The van der Waals surface area contributed by atoms with E-state index in [2.05, 4.69) is 12.0 Å². The number of piperidine rings is 1. The molecule has 1 aliphatic heterocycles. The Morgan fingerprint density at radius 2 is 1.87 bits per heavy atom. The van der Waals surface area contributed by atoms with E-state index in [0.717, 1.165) is 24.1 Å². The molecular weight excluding hydrogens is 414 g/mol. The number of esters is 1. The zero-order valence-electron chi connectivity index (χ0n) is 17.3. The number of para-hydroxylation sites is 1. The number of aromatic nitrogens is 2. The Hall–Kier alpha value is -3.12. The Kier molecular flexibility index (Phi) is 6.37. The van der Waals surface area contributed by atoms with Crippen molar-refractivity contribution in [1.82, 2.24) is 14.7 Å². The summed E-state index contributed by atoms with van der Waals surface area (Å²) in [4.78, 5) is 27.2. The molecule has 2 heterocycles. The summed E-state index contributed by atoms with van der Waals surface area (Å²) < 4.78 is 7.04. The molecule has 2 aromatic carbocycles. The summed E-state index contributed by atoms with van der Waals surface area (Å²) in [7, 11) is 0. The van der Waals surface area contributed by atoms with Crippen molar-refractivity contribution in [2.75, 3.05) is 19.7 Å². The molecule has 160 valence electrons. The second-order valence-electron chi connectivity index (χ2n) is 7.84. The number of amides is 1. The third-order valence-corrected chi connectivity index (χ3v) is 5.66. The average molecular weight is 438 g/mol. The first-order valence-corrected chi connectivity index (χ1v) is 10.7. The van der Waals surface area contributed by atoms with Gasteiger partial charge in [0, 0.05) is 29.9 Å². The highest BCUT2D eigenvalue weighted by Gasteiger charge is 2.24. The van der Waals surface area contributed by atoms with Crippen LogP contribution in [0.4, 0.5) is 0 Å². The monoisotopic (exact) mass is 437 g/mol. The molecule has 1 atom stereocenters. The standard InChI is InChI=1S/C24H24ClN3O3/c1-17-6-5-13-27(14-17)22(29)16-31-24(30)21-15-28(20-7-3-2-4-8-20)26-23(21)18-9-11-19(25)12-10-18/h2-4,7-12,15,17H,5-6,13-14,16H2,1H3. The number of hydrogen-bond acceptors (Lipinski definition) is 4. The number of likely N-dealkylation sites (tertiary alicyclic amines) is 1. The normalized spacial score (nSPS) is 16.2. The van der Waals surface area contributed by atoms with Gasteiger partial charge < -0.3 is 9.64 Å². The van der Waals surface area contributed by atoms with E-state index in [1.807, 2.05) is 30.3 Å². The van der Waals surface area contributed by atoms with Gasteiger partial charge in [-0.05, 0) is 43.0 Å². The van der Waals surface area contributed by atoms with Crippen molar-refractivity contribution >= 4 is 23.5 Å².